The molecule has 108 valence electrons. The number of rotatable bonds is 6. The predicted molar refractivity (Wildman–Crippen MR) is 82.4 cm³/mol. The summed E-state index contributed by atoms with van der Waals surface area (Å²) in [6.45, 7) is 5.19. The molecule has 0 spiro atoms. The second-order valence-electron chi connectivity index (χ2n) is 5.17. The van der Waals surface area contributed by atoms with Gasteiger partial charge in [-0.2, -0.15) is 0 Å². The van der Waals surface area contributed by atoms with E-state index in [0.29, 0.717) is 10.9 Å². The van der Waals surface area contributed by atoms with Crippen LogP contribution < -0.4 is 0 Å². The lowest BCUT2D eigenvalue weighted by molar-refractivity contribution is 0.266. The van der Waals surface area contributed by atoms with E-state index < -0.39 is 0 Å². The van der Waals surface area contributed by atoms with Crippen molar-refractivity contribution in [2.45, 2.75) is 38.2 Å². The number of alkyl halides is 1. The smallest absolute Gasteiger partial charge is 0.160 e. The van der Waals surface area contributed by atoms with Crippen LogP contribution in [0.5, 0.6) is 0 Å². The highest BCUT2D eigenvalue weighted by molar-refractivity contribution is 6.31. The number of halogens is 2. The molecule has 0 amide bonds. The Morgan fingerprint density at radius 2 is 2.25 bits per heavy atom. The minimum absolute atomic E-state index is 0.392. The molecular weight excluding hydrogens is 295 g/mol. The number of aromatic nitrogens is 3. The zero-order chi connectivity index (χ0) is 14.1. The van der Waals surface area contributed by atoms with Crippen molar-refractivity contribution in [1.82, 2.24) is 19.4 Å². The van der Waals surface area contributed by atoms with Gasteiger partial charge in [-0.1, -0.05) is 18.5 Å². The van der Waals surface area contributed by atoms with E-state index in [-0.39, 0.29) is 0 Å². The van der Waals surface area contributed by atoms with Crippen LogP contribution in [-0.2, 0) is 12.4 Å². The highest BCUT2D eigenvalue weighted by Gasteiger charge is 2.27. The maximum atomic E-state index is 6.01. The quantitative estimate of drug-likeness (QED) is 0.767. The Labute approximate surface area is 128 Å². The van der Waals surface area contributed by atoms with Crippen LogP contribution in [0.15, 0.2) is 12.3 Å². The molecule has 0 bridgehead atoms. The van der Waals surface area contributed by atoms with E-state index >= 15 is 0 Å². The molecule has 2 heterocycles. The van der Waals surface area contributed by atoms with E-state index in [1.807, 2.05) is 6.07 Å². The second kappa shape index (κ2) is 5.88. The Kier molecular flexibility index (Phi) is 4.15. The molecule has 0 N–H and O–H groups in total. The molecule has 0 unspecified atom stereocenters. The molecule has 0 saturated heterocycles. The minimum Gasteiger partial charge on any atom is -0.310 e. The van der Waals surface area contributed by atoms with E-state index in [1.54, 1.807) is 6.20 Å². The number of hydrogen-bond donors (Lipinski definition) is 0. The van der Waals surface area contributed by atoms with Crippen molar-refractivity contribution in [3.8, 4) is 0 Å². The van der Waals surface area contributed by atoms with Gasteiger partial charge in [0.05, 0.1) is 10.9 Å². The summed E-state index contributed by atoms with van der Waals surface area (Å²) in [5, 5.41) is 0.608. The lowest BCUT2D eigenvalue weighted by Crippen LogP contribution is -2.29. The normalized spacial score (nSPS) is 15.4. The van der Waals surface area contributed by atoms with Crippen molar-refractivity contribution in [3.05, 3.63) is 23.1 Å². The Balaban J connectivity index is 1.85. The molecule has 0 atom stereocenters. The van der Waals surface area contributed by atoms with Crippen LogP contribution in [0.25, 0.3) is 11.2 Å². The Morgan fingerprint density at radius 1 is 1.45 bits per heavy atom. The molecule has 2 aromatic rings. The zero-order valence-electron chi connectivity index (χ0n) is 11.5. The second-order valence-corrected chi connectivity index (χ2v) is 5.87. The van der Waals surface area contributed by atoms with Crippen LogP contribution in [0, 0.1) is 0 Å². The summed E-state index contributed by atoms with van der Waals surface area (Å²) < 4.78 is 2.11. The van der Waals surface area contributed by atoms with Crippen LogP contribution in [0.1, 0.15) is 25.6 Å². The van der Waals surface area contributed by atoms with Crippen molar-refractivity contribution in [2.75, 3.05) is 13.1 Å². The average Bonchev–Trinajstić information content (AvgIpc) is 3.22. The highest BCUT2D eigenvalue weighted by atomic mass is 35.5. The van der Waals surface area contributed by atoms with Crippen molar-refractivity contribution in [2.24, 2.45) is 0 Å². The molecule has 20 heavy (non-hydrogen) atoms. The molecule has 1 saturated carbocycles. The minimum atomic E-state index is 0.392. The summed E-state index contributed by atoms with van der Waals surface area (Å²) in [7, 11) is 0. The van der Waals surface area contributed by atoms with Crippen LogP contribution in [-0.4, -0.2) is 38.6 Å². The first-order valence-corrected chi connectivity index (χ1v) is 7.95. The fourth-order valence-corrected chi connectivity index (χ4v) is 2.99. The zero-order valence-corrected chi connectivity index (χ0v) is 13.0. The lowest BCUT2D eigenvalue weighted by Gasteiger charge is -2.20. The van der Waals surface area contributed by atoms with E-state index in [2.05, 4.69) is 26.4 Å². The third-order valence-corrected chi connectivity index (χ3v) is 4.28. The molecule has 6 heteroatoms. The van der Waals surface area contributed by atoms with Gasteiger partial charge in [-0.15, -0.1) is 11.6 Å². The van der Waals surface area contributed by atoms with Gasteiger partial charge in [0.15, 0.2) is 5.65 Å². The van der Waals surface area contributed by atoms with Gasteiger partial charge in [0.2, 0.25) is 0 Å². The van der Waals surface area contributed by atoms with Crippen molar-refractivity contribution in [3.63, 3.8) is 0 Å². The predicted octanol–water partition coefficient (Wildman–Crippen LogP) is 3.31. The van der Waals surface area contributed by atoms with Gasteiger partial charge in [0.25, 0.3) is 0 Å². The number of likely N-dealkylation sites (N-methyl/N-ethyl adjacent to an activating group) is 1. The summed E-state index contributed by atoms with van der Waals surface area (Å²) in [5.41, 5.74) is 1.69. The Hall–Kier alpha value is -0.840. The molecular formula is C14H18Cl2N4. The monoisotopic (exact) mass is 312 g/mol. The molecule has 1 aliphatic carbocycles. The third kappa shape index (κ3) is 2.78. The van der Waals surface area contributed by atoms with E-state index in [4.69, 9.17) is 23.2 Å². The van der Waals surface area contributed by atoms with E-state index in [1.165, 1.54) is 12.8 Å². The van der Waals surface area contributed by atoms with Gasteiger partial charge in [-0.05, 0) is 25.5 Å². The van der Waals surface area contributed by atoms with Crippen molar-refractivity contribution < 1.29 is 0 Å². The Bertz CT molecular complexity index is 606. The highest BCUT2D eigenvalue weighted by Crippen LogP contribution is 2.26. The number of pyridine rings is 1. The summed E-state index contributed by atoms with van der Waals surface area (Å²) in [6.07, 6.45) is 4.32. The van der Waals surface area contributed by atoms with Gasteiger partial charge >= 0.3 is 0 Å². The van der Waals surface area contributed by atoms with Crippen LogP contribution in [0.3, 0.4) is 0 Å². The average molecular weight is 313 g/mol. The summed E-state index contributed by atoms with van der Waals surface area (Å²) in [4.78, 5) is 11.4. The Morgan fingerprint density at radius 3 is 2.90 bits per heavy atom. The van der Waals surface area contributed by atoms with Crippen LogP contribution in [0.4, 0.5) is 0 Å². The first-order chi connectivity index (χ1) is 9.72. The maximum absolute atomic E-state index is 6.01. The lowest BCUT2D eigenvalue weighted by atomic mass is 10.4. The molecule has 1 aliphatic rings. The van der Waals surface area contributed by atoms with Crippen LogP contribution in [0.2, 0.25) is 5.02 Å². The maximum Gasteiger partial charge on any atom is 0.160 e. The molecule has 1 fully saturated rings. The molecule has 3 rings (SSSR count). The van der Waals surface area contributed by atoms with Crippen molar-refractivity contribution in [1.29, 1.82) is 0 Å². The van der Waals surface area contributed by atoms with E-state index in [9.17, 15) is 0 Å². The molecule has 0 aliphatic heterocycles. The fourth-order valence-electron chi connectivity index (χ4n) is 2.64. The summed E-state index contributed by atoms with van der Waals surface area (Å²) in [6, 6.07) is 2.62. The first-order valence-electron chi connectivity index (χ1n) is 7.03. The number of hydrogen-bond acceptors (Lipinski definition) is 3. The molecule has 0 aromatic carbocycles. The van der Waals surface area contributed by atoms with Gasteiger partial charge in [-0.25, -0.2) is 9.97 Å². The molecule has 4 nitrogen and oxygen atoms in total. The first kappa shape index (κ1) is 14.1. The largest absolute Gasteiger partial charge is 0.310 e. The SMILES string of the molecule is CCN(CCn1c(CCl)nc2cc(Cl)cnc21)C1CC1. The number of nitrogens with zero attached hydrogens (tertiary/aromatic N) is 4. The van der Waals surface area contributed by atoms with Crippen molar-refractivity contribution >= 4 is 34.4 Å². The van der Waals surface area contributed by atoms with Gasteiger partial charge < -0.3 is 4.57 Å². The molecule has 0 radical (unpaired) electrons. The standard InChI is InChI=1S/C14H18Cl2N4/c1-2-19(11-3-4-11)5-6-20-13(8-15)18-12-7-10(16)9-17-14(12)20/h7,9,11H,2-6,8H2,1H3. The molecule has 2 aromatic heterocycles. The topological polar surface area (TPSA) is 34.0 Å². The fraction of sp³-hybridized carbons (Fsp3) is 0.571. The van der Waals surface area contributed by atoms with Gasteiger partial charge in [-0.3, -0.25) is 4.90 Å². The number of imidazole rings is 1. The summed E-state index contributed by atoms with van der Waals surface area (Å²) in [5.74, 6) is 1.26. The van der Waals surface area contributed by atoms with Gasteiger partial charge in [0.1, 0.15) is 11.3 Å². The third-order valence-electron chi connectivity index (χ3n) is 3.83. The summed E-state index contributed by atoms with van der Waals surface area (Å²) >= 11 is 12.0. The number of fused-ring (bicyclic) bond motifs is 1. The van der Waals surface area contributed by atoms with Crippen LogP contribution >= 0.6 is 23.2 Å². The van der Waals surface area contributed by atoms with Gasteiger partial charge in [0, 0.05) is 25.3 Å². The van der Waals surface area contributed by atoms with E-state index in [0.717, 1.165) is 42.7 Å².